The minimum Gasteiger partial charge on any atom is -0.497 e. The number of rotatable bonds is 6. The number of fused-ring (bicyclic) bond motifs is 4. The van der Waals surface area contributed by atoms with E-state index in [1.54, 1.807) is 7.11 Å². The maximum Gasteiger partial charge on any atom is 0.195 e. The Balaban J connectivity index is 1.25. The first-order chi connectivity index (χ1) is 19.6. The molecule has 40 heavy (non-hydrogen) atoms. The van der Waals surface area contributed by atoms with E-state index < -0.39 is 0 Å². The normalized spacial score (nSPS) is 14.8. The zero-order valence-corrected chi connectivity index (χ0v) is 23.0. The van der Waals surface area contributed by atoms with Gasteiger partial charge in [-0.3, -0.25) is 9.69 Å². The number of carbonyl (C=O) groups excluding carboxylic acids is 1. The first-order valence-electron chi connectivity index (χ1n) is 14.1. The molecule has 4 aromatic carbocycles. The van der Waals surface area contributed by atoms with Crippen LogP contribution in [-0.4, -0.2) is 40.0 Å². The molecule has 1 saturated heterocycles. The molecular weight excluding hydrogens is 494 g/mol. The quantitative estimate of drug-likeness (QED) is 0.212. The van der Waals surface area contributed by atoms with Crippen LogP contribution in [-0.2, 0) is 13.6 Å². The number of ether oxygens (including phenoxy) is 1. The highest BCUT2D eigenvalue weighted by atomic mass is 16.5. The van der Waals surface area contributed by atoms with Gasteiger partial charge in [-0.05, 0) is 48.7 Å². The van der Waals surface area contributed by atoms with E-state index in [4.69, 9.17) is 4.74 Å². The highest BCUT2D eigenvalue weighted by Gasteiger charge is 2.26. The largest absolute Gasteiger partial charge is 0.497 e. The number of benzene rings is 4. The Kier molecular flexibility index (Phi) is 6.17. The van der Waals surface area contributed by atoms with Crippen LogP contribution < -0.4 is 4.74 Å². The summed E-state index contributed by atoms with van der Waals surface area (Å²) in [6.07, 6.45) is 4.11. The molecule has 2 aromatic heterocycles. The second-order valence-electron chi connectivity index (χ2n) is 10.9. The van der Waals surface area contributed by atoms with E-state index in [2.05, 4.69) is 64.1 Å². The molecule has 0 atom stereocenters. The Morgan fingerprint density at radius 1 is 0.800 bits per heavy atom. The molecule has 0 spiro atoms. The third-order valence-corrected chi connectivity index (χ3v) is 8.58. The van der Waals surface area contributed by atoms with Gasteiger partial charge in [-0.15, -0.1) is 0 Å². The van der Waals surface area contributed by atoms with Gasteiger partial charge in [0.1, 0.15) is 5.75 Å². The van der Waals surface area contributed by atoms with E-state index in [0.717, 1.165) is 76.5 Å². The summed E-state index contributed by atoms with van der Waals surface area (Å²) in [5.41, 5.74) is 6.25. The number of hydrogen-bond donors (Lipinski definition) is 0. The standard InChI is InChI=1S/C35H33N3O2/c1-36-23-30(27-11-3-5-14-31(27)36)35(39)29-13-8-16-33-34(29)28-12-4-6-15-32(28)38(33)25-17-19-37(20-18-25)22-24-9-7-10-26(21-24)40-2/h3-16,21,23,25H,17-20,22H2,1-2H3. The molecule has 0 bridgehead atoms. The van der Waals surface area contributed by atoms with Crippen molar-refractivity contribution in [2.75, 3.05) is 20.2 Å². The molecule has 200 valence electrons. The summed E-state index contributed by atoms with van der Waals surface area (Å²) in [6.45, 7) is 3.00. The summed E-state index contributed by atoms with van der Waals surface area (Å²) in [4.78, 5) is 16.7. The van der Waals surface area contributed by atoms with E-state index in [0.29, 0.717) is 6.04 Å². The Morgan fingerprint density at radius 3 is 2.30 bits per heavy atom. The maximum absolute atomic E-state index is 14.1. The Bertz CT molecular complexity index is 1870. The van der Waals surface area contributed by atoms with Crippen LogP contribution in [0.25, 0.3) is 32.7 Å². The number of carbonyl (C=O) groups is 1. The predicted molar refractivity (Wildman–Crippen MR) is 162 cm³/mol. The van der Waals surface area contributed by atoms with Gasteiger partial charge in [0.25, 0.3) is 0 Å². The lowest BCUT2D eigenvalue weighted by atomic mass is 9.98. The molecule has 1 fully saturated rings. The first-order valence-corrected chi connectivity index (χ1v) is 14.1. The number of likely N-dealkylation sites (tertiary alicyclic amines) is 1. The molecule has 5 nitrogen and oxygen atoms in total. The lowest BCUT2D eigenvalue weighted by Crippen LogP contribution is -2.34. The number of aryl methyl sites for hydroxylation is 1. The van der Waals surface area contributed by atoms with Crippen molar-refractivity contribution in [2.24, 2.45) is 7.05 Å². The zero-order chi connectivity index (χ0) is 27.2. The van der Waals surface area contributed by atoms with Crippen molar-refractivity contribution >= 4 is 38.5 Å². The van der Waals surface area contributed by atoms with E-state index >= 15 is 0 Å². The molecule has 0 N–H and O–H groups in total. The monoisotopic (exact) mass is 527 g/mol. The lowest BCUT2D eigenvalue weighted by molar-refractivity contribution is 0.104. The molecular formula is C35H33N3O2. The van der Waals surface area contributed by atoms with E-state index in [1.807, 2.05) is 54.2 Å². The molecule has 0 aliphatic carbocycles. The van der Waals surface area contributed by atoms with Crippen molar-refractivity contribution in [1.82, 2.24) is 14.0 Å². The van der Waals surface area contributed by atoms with Crippen molar-refractivity contribution in [2.45, 2.75) is 25.4 Å². The number of para-hydroxylation sites is 2. The number of hydrogen-bond acceptors (Lipinski definition) is 3. The number of ketones is 1. The van der Waals surface area contributed by atoms with Gasteiger partial charge in [-0.1, -0.05) is 60.7 Å². The minimum atomic E-state index is 0.0819. The van der Waals surface area contributed by atoms with Gasteiger partial charge in [0, 0.05) is 77.2 Å². The van der Waals surface area contributed by atoms with Crippen LogP contribution in [0, 0.1) is 0 Å². The van der Waals surface area contributed by atoms with Gasteiger partial charge in [0.15, 0.2) is 5.78 Å². The Morgan fingerprint density at radius 2 is 1.50 bits per heavy atom. The second kappa shape index (κ2) is 10.00. The summed E-state index contributed by atoms with van der Waals surface area (Å²) in [5, 5.41) is 3.22. The van der Waals surface area contributed by atoms with Gasteiger partial charge in [-0.25, -0.2) is 0 Å². The van der Waals surface area contributed by atoms with Gasteiger partial charge < -0.3 is 13.9 Å². The molecule has 3 heterocycles. The predicted octanol–water partition coefficient (Wildman–Crippen LogP) is 7.36. The van der Waals surface area contributed by atoms with Crippen LogP contribution in [0.1, 0.15) is 40.4 Å². The number of nitrogens with zero attached hydrogens (tertiary/aromatic N) is 3. The maximum atomic E-state index is 14.1. The van der Waals surface area contributed by atoms with E-state index in [9.17, 15) is 4.79 Å². The van der Waals surface area contributed by atoms with Crippen LogP contribution in [0.3, 0.4) is 0 Å². The zero-order valence-electron chi connectivity index (χ0n) is 23.0. The topological polar surface area (TPSA) is 39.4 Å². The van der Waals surface area contributed by atoms with Crippen LogP contribution in [0.15, 0.2) is 97.2 Å². The molecule has 0 unspecified atom stereocenters. The van der Waals surface area contributed by atoms with Crippen LogP contribution in [0.5, 0.6) is 5.75 Å². The Labute approximate surface area is 234 Å². The molecule has 5 heteroatoms. The highest BCUT2D eigenvalue weighted by molar-refractivity contribution is 6.25. The van der Waals surface area contributed by atoms with Crippen molar-refractivity contribution in [1.29, 1.82) is 0 Å². The summed E-state index contributed by atoms with van der Waals surface area (Å²) < 4.78 is 9.98. The van der Waals surface area contributed by atoms with Crippen molar-refractivity contribution < 1.29 is 9.53 Å². The van der Waals surface area contributed by atoms with Crippen molar-refractivity contribution in [3.05, 3.63) is 114 Å². The molecule has 6 aromatic rings. The molecule has 0 saturated carbocycles. The fourth-order valence-electron chi connectivity index (χ4n) is 6.66. The fraction of sp³-hybridized carbons (Fsp3) is 0.229. The van der Waals surface area contributed by atoms with Gasteiger partial charge in [0.2, 0.25) is 0 Å². The SMILES string of the molecule is COc1cccc(CN2CCC(n3c4ccccc4c4c(C(=O)c5cn(C)c6ccccc56)cccc43)CC2)c1. The molecule has 7 rings (SSSR count). The molecule has 0 radical (unpaired) electrons. The number of piperidine rings is 1. The highest BCUT2D eigenvalue weighted by Crippen LogP contribution is 2.38. The third kappa shape index (κ3) is 4.09. The minimum absolute atomic E-state index is 0.0819. The van der Waals surface area contributed by atoms with E-state index in [1.165, 1.54) is 11.1 Å². The first kappa shape index (κ1) is 24.7. The van der Waals surface area contributed by atoms with Crippen molar-refractivity contribution in [3.8, 4) is 5.75 Å². The van der Waals surface area contributed by atoms with Gasteiger partial charge in [-0.2, -0.15) is 0 Å². The third-order valence-electron chi connectivity index (χ3n) is 8.58. The average Bonchev–Trinajstić information content (AvgIpc) is 3.52. The van der Waals surface area contributed by atoms with Crippen LogP contribution in [0.4, 0.5) is 0 Å². The average molecular weight is 528 g/mol. The molecule has 1 aliphatic rings. The summed E-state index contributed by atoms with van der Waals surface area (Å²) >= 11 is 0. The smallest absolute Gasteiger partial charge is 0.195 e. The fourth-order valence-corrected chi connectivity index (χ4v) is 6.66. The summed E-state index contributed by atoms with van der Waals surface area (Å²) in [7, 11) is 3.73. The summed E-state index contributed by atoms with van der Waals surface area (Å²) in [5.74, 6) is 0.991. The number of aromatic nitrogens is 2. The van der Waals surface area contributed by atoms with Gasteiger partial charge >= 0.3 is 0 Å². The van der Waals surface area contributed by atoms with Crippen molar-refractivity contribution in [3.63, 3.8) is 0 Å². The van der Waals surface area contributed by atoms with E-state index in [-0.39, 0.29) is 5.78 Å². The summed E-state index contributed by atoms with van der Waals surface area (Å²) in [6, 6.07) is 31.7. The second-order valence-corrected chi connectivity index (χ2v) is 10.9. The molecule has 0 amide bonds. The van der Waals surface area contributed by atoms with Crippen LogP contribution in [0.2, 0.25) is 0 Å². The molecule has 1 aliphatic heterocycles. The Hall–Kier alpha value is -4.35. The number of methoxy groups -OCH3 is 1. The van der Waals surface area contributed by atoms with Gasteiger partial charge in [0.05, 0.1) is 12.6 Å². The lowest BCUT2D eigenvalue weighted by Gasteiger charge is -2.33. The van der Waals surface area contributed by atoms with Crippen LogP contribution >= 0.6 is 0 Å².